The Kier molecular flexibility index (Phi) is 7.18. The molecule has 0 fully saturated rings. The Balaban J connectivity index is 1.76. The van der Waals surface area contributed by atoms with Gasteiger partial charge in [-0.3, -0.25) is 25.2 Å². The minimum absolute atomic E-state index is 0.0186. The quantitative estimate of drug-likeness (QED) is 0.636. The molecule has 0 spiro atoms. The third-order valence-corrected chi connectivity index (χ3v) is 3.63. The van der Waals surface area contributed by atoms with Crippen LogP contribution in [0.1, 0.15) is 27.1 Å². The number of methoxy groups -OCH3 is 2. The molecule has 0 aliphatic rings. The summed E-state index contributed by atoms with van der Waals surface area (Å²) in [7, 11) is 2.96. The van der Waals surface area contributed by atoms with Gasteiger partial charge in [0.15, 0.2) is 11.5 Å². The van der Waals surface area contributed by atoms with Crippen LogP contribution in [-0.2, 0) is 4.79 Å². The van der Waals surface area contributed by atoms with Crippen LogP contribution in [0.3, 0.4) is 0 Å². The van der Waals surface area contributed by atoms with E-state index < -0.39 is 11.8 Å². The predicted octanol–water partition coefficient (Wildman–Crippen LogP) is 1.28. The molecule has 0 aliphatic heterocycles. The van der Waals surface area contributed by atoms with Gasteiger partial charge in [-0.2, -0.15) is 0 Å². The molecular formula is C19H21N3O5. The van der Waals surface area contributed by atoms with Crippen LogP contribution in [0.15, 0.2) is 48.5 Å². The fourth-order valence-corrected chi connectivity index (χ4v) is 2.22. The summed E-state index contributed by atoms with van der Waals surface area (Å²) in [6, 6.07) is 13.3. The van der Waals surface area contributed by atoms with Crippen LogP contribution < -0.4 is 25.6 Å². The van der Waals surface area contributed by atoms with Crippen LogP contribution in [-0.4, -0.2) is 38.5 Å². The van der Waals surface area contributed by atoms with Crippen molar-refractivity contribution in [3.05, 3.63) is 59.7 Å². The average molecular weight is 371 g/mol. The Hall–Kier alpha value is -3.55. The molecule has 2 aromatic carbocycles. The second-order valence-electron chi connectivity index (χ2n) is 5.44. The van der Waals surface area contributed by atoms with Crippen molar-refractivity contribution in [2.24, 2.45) is 0 Å². The molecule has 0 atom stereocenters. The van der Waals surface area contributed by atoms with Gasteiger partial charge < -0.3 is 14.8 Å². The van der Waals surface area contributed by atoms with Gasteiger partial charge in [-0.15, -0.1) is 0 Å². The lowest BCUT2D eigenvalue weighted by molar-refractivity contribution is -0.121. The standard InChI is InChI=1S/C19H21N3O5/c1-26-15-9-8-14(12-16(15)27-2)19(25)22-21-17(23)10-11-20-18(24)13-6-4-3-5-7-13/h3-9,12H,10-11H2,1-2H3,(H,20,24)(H,21,23)(H,22,25). The van der Waals surface area contributed by atoms with Crippen LogP contribution in [0, 0.1) is 0 Å². The monoisotopic (exact) mass is 371 g/mol. The highest BCUT2D eigenvalue weighted by molar-refractivity contribution is 5.96. The molecular weight excluding hydrogens is 350 g/mol. The third-order valence-electron chi connectivity index (χ3n) is 3.63. The van der Waals surface area contributed by atoms with E-state index in [9.17, 15) is 14.4 Å². The number of benzene rings is 2. The van der Waals surface area contributed by atoms with Crippen LogP contribution in [0.4, 0.5) is 0 Å². The first-order valence-corrected chi connectivity index (χ1v) is 8.19. The summed E-state index contributed by atoms with van der Waals surface area (Å²) in [5.41, 5.74) is 5.42. The summed E-state index contributed by atoms with van der Waals surface area (Å²) < 4.78 is 10.2. The van der Waals surface area contributed by atoms with Gasteiger partial charge in [-0.1, -0.05) is 18.2 Å². The van der Waals surface area contributed by atoms with E-state index in [1.165, 1.54) is 20.3 Å². The Labute approximate surface area is 156 Å². The molecule has 0 bridgehead atoms. The summed E-state index contributed by atoms with van der Waals surface area (Å²) in [6.45, 7) is 0.145. The van der Waals surface area contributed by atoms with Crippen molar-refractivity contribution < 1.29 is 23.9 Å². The number of amides is 3. The van der Waals surface area contributed by atoms with Crippen LogP contribution in [0.2, 0.25) is 0 Å². The fraction of sp³-hybridized carbons (Fsp3) is 0.211. The summed E-state index contributed by atoms with van der Waals surface area (Å²) >= 11 is 0. The molecule has 2 aromatic rings. The molecule has 8 nitrogen and oxygen atoms in total. The van der Waals surface area contributed by atoms with Gasteiger partial charge >= 0.3 is 0 Å². The van der Waals surface area contributed by atoms with Crippen LogP contribution in [0.25, 0.3) is 0 Å². The van der Waals surface area contributed by atoms with Crippen molar-refractivity contribution in [1.82, 2.24) is 16.2 Å². The number of nitrogens with one attached hydrogen (secondary N) is 3. The van der Waals surface area contributed by atoms with Gasteiger partial charge in [0.05, 0.1) is 14.2 Å². The summed E-state index contributed by atoms with van der Waals surface area (Å²) in [4.78, 5) is 35.7. The average Bonchev–Trinajstić information content (AvgIpc) is 2.71. The molecule has 27 heavy (non-hydrogen) atoms. The molecule has 0 saturated heterocycles. The number of carbonyl (C=O) groups is 3. The minimum Gasteiger partial charge on any atom is -0.493 e. The second-order valence-corrected chi connectivity index (χ2v) is 5.44. The molecule has 2 rings (SSSR count). The Morgan fingerprint density at radius 2 is 1.52 bits per heavy atom. The van der Waals surface area contributed by atoms with E-state index in [1.807, 2.05) is 6.07 Å². The van der Waals surface area contributed by atoms with Crippen LogP contribution in [0.5, 0.6) is 11.5 Å². The van der Waals surface area contributed by atoms with Gasteiger partial charge in [-0.25, -0.2) is 0 Å². The van der Waals surface area contributed by atoms with Crippen molar-refractivity contribution in [3.63, 3.8) is 0 Å². The van der Waals surface area contributed by atoms with Crippen LogP contribution >= 0.6 is 0 Å². The molecule has 0 aliphatic carbocycles. The van der Waals surface area contributed by atoms with E-state index >= 15 is 0 Å². The Morgan fingerprint density at radius 3 is 2.19 bits per heavy atom. The van der Waals surface area contributed by atoms with Gasteiger partial charge in [0.2, 0.25) is 5.91 Å². The number of hydrazine groups is 1. The van der Waals surface area contributed by atoms with Crippen molar-refractivity contribution >= 4 is 17.7 Å². The van der Waals surface area contributed by atoms with Crippen molar-refractivity contribution in [2.75, 3.05) is 20.8 Å². The SMILES string of the molecule is COc1ccc(C(=O)NNC(=O)CCNC(=O)c2ccccc2)cc1OC. The van der Waals surface area contributed by atoms with E-state index in [-0.39, 0.29) is 18.9 Å². The summed E-state index contributed by atoms with van der Waals surface area (Å²) in [5.74, 6) is -0.306. The Bertz CT molecular complexity index is 808. The van der Waals surface area contributed by atoms with Gasteiger partial charge in [-0.05, 0) is 30.3 Å². The van der Waals surface area contributed by atoms with E-state index in [1.54, 1.807) is 36.4 Å². The van der Waals surface area contributed by atoms with E-state index in [0.29, 0.717) is 22.6 Å². The maximum atomic E-state index is 12.1. The highest BCUT2D eigenvalue weighted by Crippen LogP contribution is 2.27. The predicted molar refractivity (Wildman–Crippen MR) is 98.5 cm³/mol. The molecule has 0 radical (unpaired) electrons. The zero-order valence-corrected chi connectivity index (χ0v) is 15.1. The van der Waals surface area contributed by atoms with Crippen molar-refractivity contribution in [3.8, 4) is 11.5 Å². The first-order valence-electron chi connectivity index (χ1n) is 8.19. The van der Waals surface area contributed by atoms with E-state index in [4.69, 9.17) is 9.47 Å². The largest absolute Gasteiger partial charge is 0.493 e. The topological polar surface area (TPSA) is 106 Å². The molecule has 0 heterocycles. The molecule has 142 valence electrons. The zero-order valence-electron chi connectivity index (χ0n) is 15.1. The number of carbonyl (C=O) groups excluding carboxylic acids is 3. The zero-order chi connectivity index (χ0) is 19.6. The highest BCUT2D eigenvalue weighted by Gasteiger charge is 2.12. The molecule has 0 aromatic heterocycles. The molecule has 8 heteroatoms. The van der Waals surface area contributed by atoms with E-state index in [2.05, 4.69) is 16.2 Å². The summed E-state index contributed by atoms with van der Waals surface area (Å²) in [6.07, 6.45) is 0.0186. The van der Waals surface area contributed by atoms with E-state index in [0.717, 1.165) is 0 Å². The maximum absolute atomic E-state index is 12.1. The highest BCUT2D eigenvalue weighted by atomic mass is 16.5. The minimum atomic E-state index is -0.502. The number of ether oxygens (including phenoxy) is 2. The first kappa shape index (κ1) is 19.8. The number of rotatable bonds is 7. The number of hydrogen-bond acceptors (Lipinski definition) is 5. The second kappa shape index (κ2) is 9.81. The first-order chi connectivity index (χ1) is 13.0. The molecule has 0 unspecified atom stereocenters. The molecule has 3 N–H and O–H groups in total. The van der Waals surface area contributed by atoms with Gasteiger partial charge in [0.25, 0.3) is 11.8 Å². The number of hydrogen-bond donors (Lipinski definition) is 3. The van der Waals surface area contributed by atoms with Gasteiger partial charge in [0, 0.05) is 24.1 Å². The van der Waals surface area contributed by atoms with Crippen molar-refractivity contribution in [2.45, 2.75) is 6.42 Å². The molecule has 0 saturated carbocycles. The lowest BCUT2D eigenvalue weighted by Gasteiger charge is -2.11. The summed E-state index contributed by atoms with van der Waals surface area (Å²) in [5, 5.41) is 2.63. The molecule has 3 amide bonds. The lowest BCUT2D eigenvalue weighted by atomic mass is 10.2. The normalized spacial score (nSPS) is 9.85. The Morgan fingerprint density at radius 1 is 0.815 bits per heavy atom. The maximum Gasteiger partial charge on any atom is 0.269 e. The van der Waals surface area contributed by atoms with Crippen molar-refractivity contribution in [1.29, 1.82) is 0 Å². The smallest absolute Gasteiger partial charge is 0.269 e. The third kappa shape index (κ3) is 5.74. The lowest BCUT2D eigenvalue weighted by Crippen LogP contribution is -2.42. The fourth-order valence-electron chi connectivity index (χ4n) is 2.22. The van der Waals surface area contributed by atoms with Gasteiger partial charge in [0.1, 0.15) is 0 Å².